The van der Waals surface area contributed by atoms with Crippen LogP contribution in [0, 0.1) is 0 Å². The number of rotatable bonds is 8. The topological polar surface area (TPSA) is 58.5 Å². The number of ether oxygens (including phenoxy) is 1. The van der Waals surface area contributed by atoms with Crippen LogP contribution in [0.5, 0.6) is 0 Å². The highest BCUT2D eigenvalue weighted by Gasteiger charge is 2.03. The Bertz CT molecular complexity index is 637. The molecule has 0 bridgehead atoms. The number of nitrogens with zero attached hydrogens (tertiary/aromatic N) is 2. The van der Waals surface area contributed by atoms with Gasteiger partial charge in [0.2, 0.25) is 0 Å². The fourth-order valence-electron chi connectivity index (χ4n) is 2.13. The second-order valence-corrected chi connectivity index (χ2v) is 6.51. The lowest BCUT2D eigenvalue weighted by Crippen LogP contribution is -2.36. The van der Waals surface area contributed by atoms with E-state index in [9.17, 15) is 0 Å². The van der Waals surface area contributed by atoms with E-state index in [2.05, 4.69) is 51.8 Å². The number of aromatic nitrogens is 1. The van der Waals surface area contributed by atoms with E-state index in [0.29, 0.717) is 13.2 Å². The molecule has 6 heteroatoms. The van der Waals surface area contributed by atoms with Gasteiger partial charge in [0, 0.05) is 31.3 Å². The molecule has 0 saturated heterocycles. The molecular weight excluding hydrogens is 320 g/mol. The lowest BCUT2D eigenvalue weighted by Gasteiger charge is -2.11. The molecule has 5 nitrogen and oxygen atoms in total. The second-order valence-electron chi connectivity index (χ2n) is 5.31. The minimum absolute atomic E-state index is 0.668. The van der Waals surface area contributed by atoms with E-state index in [1.54, 1.807) is 18.4 Å². The van der Waals surface area contributed by atoms with Gasteiger partial charge in [0.1, 0.15) is 5.01 Å². The second kappa shape index (κ2) is 10.1. The highest BCUT2D eigenvalue weighted by atomic mass is 32.1. The van der Waals surface area contributed by atoms with Crippen LogP contribution in [0.4, 0.5) is 0 Å². The van der Waals surface area contributed by atoms with Gasteiger partial charge in [-0.05, 0) is 24.5 Å². The quantitative estimate of drug-likeness (QED) is 0.570. The third-order valence-electron chi connectivity index (χ3n) is 3.54. The van der Waals surface area contributed by atoms with Gasteiger partial charge in [-0.1, -0.05) is 31.2 Å². The van der Waals surface area contributed by atoms with Gasteiger partial charge >= 0.3 is 0 Å². The molecule has 0 saturated carbocycles. The Morgan fingerprint density at radius 2 is 1.83 bits per heavy atom. The van der Waals surface area contributed by atoms with Gasteiger partial charge in [0.15, 0.2) is 5.96 Å². The Kier molecular flexibility index (Phi) is 7.71. The maximum Gasteiger partial charge on any atom is 0.191 e. The Morgan fingerprint density at radius 1 is 1.12 bits per heavy atom. The van der Waals surface area contributed by atoms with E-state index >= 15 is 0 Å². The van der Waals surface area contributed by atoms with E-state index in [4.69, 9.17) is 4.74 Å². The molecule has 0 fully saturated rings. The molecule has 1 aromatic heterocycles. The molecule has 0 radical (unpaired) electrons. The first-order valence-corrected chi connectivity index (χ1v) is 9.10. The lowest BCUT2D eigenvalue weighted by atomic mass is 10.1. The fraction of sp³-hybridized carbons (Fsp3) is 0.444. The van der Waals surface area contributed by atoms with Crippen LogP contribution in [0.1, 0.15) is 34.9 Å². The maximum absolute atomic E-state index is 5.41. The largest absolute Gasteiger partial charge is 0.377 e. The SMILES string of the molecule is CCOCc1ccc(CNC(=NC)NCc2ncc(CC)s2)cc1. The third-order valence-corrected chi connectivity index (χ3v) is 4.68. The zero-order chi connectivity index (χ0) is 17.2. The minimum Gasteiger partial charge on any atom is -0.377 e. The van der Waals surface area contributed by atoms with Crippen molar-refractivity contribution in [2.75, 3.05) is 13.7 Å². The number of guanidine groups is 1. The molecule has 24 heavy (non-hydrogen) atoms. The average Bonchev–Trinajstić information content (AvgIpc) is 3.09. The summed E-state index contributed by atoms with van der Waals surface area (Å²) in [6, 6.07) is 8.43. The van der Waals surface area contributed by atoms with Gasteiger partial charge < -0.3 is 15.4 Å². The summed E-state index contributed by atoms with van der Waals surface area (Å²) >= 11 is 1.74. The molecule has 2 N–H and O–H groups in total. The van der Waals surface area contributed by atoms with Crippen molar-refractivity contribution in [3.63, 3.8) is 0 Å². The first-order chi connectivity index (χ1) is 11.7. The van der Waals surface area contributed by atoms with Crippen molar-refractivity contribution in [3.05, 3.63) is 51.5 Å². The number of thiazole rings is 1. The van der Waals surface area contributed by atoms with Crippen molar-refractivity contribution < 1.29 is 4.74 Å². The summed E-state index contributed by atoms with van der Waals surface area (Å²) in [6.07, 6.45) is 2.98. The average molecular weight is 347 g/mol. The molecule has 2 aromatic rings. The van der Waals surface area contributed by atoms with Gasteiger partial charge in [0.25, 0.3) is 0 Å². The van der Waals surface area contributed by atoms with Crippen molar-refractivity contribution in [1.29, 1.82) is 0 Å². The Hall–Kier alpha value is -1.92. The van der Waals surface area contributed by atoms with E-state index in [1.165, 1.54) is 16.0 Å². The first-order valence-electron chi connectivity index (χ1n) is 8.28. The van der Waals surface area contributed by atoms with Crippen LogP contribution in [-0.2, 0) is 30.9 Å². The molecule has 0 aliphatic carbocycles. The monoisotopic (exact) mass is 346 g/mol. The molecule has 130 valence electrons. The van der Waals surface area contributed by atoms with Crippen LogP contribution in [0.15, 0.2) is 35.5 Å². The highest BCUT2D eigenvalue weighted by molar-refractivity contribution is 7.11. The number of aliphatic imine (C=N–C) groups is 1. The first kappa shape index (κ1) is 18.4. The zero-order valence-electron chi connectivity index (χ0n) is 14.6. The summed E-state index contributed by atoms with van der Waals surface area (Å²) in [4.78, 5) is 9.97. The lowest BCUT2D eigenvalue weighted by molar-refractivity contribution is 0.134. The van der Waals surface area contributed by atoms with Crippen LogP contribution >= 0.6 is 11.3 Å². The third kappa shape index (κ3) is 5.94. The number of hydrogen-bond acceptors (Lipinski definition) is 4. The fourth-order valence-corrected chi connectivity index (χ4v) is 2.93. The number of nitrogens with one attached hydrogen (secondary N) is 2. The summed E-state index contributed by atoms with van der Waals surface area (Å²) in [5.74, 6) is 0.779. The molecule has 0 atom stereocenters. The Morgan fingerprint density at radius 3 is 2.46 bits per heavy atom. The standard InChI is InChI=1S/C18H26N4OS/c1-4-16-11-20-17(24-16)12-22-18(19-3)21-10-14-6-8-15(9-7-14)13-23-5-2/h6-9,11H,4-5,10,12-13H2,1-3H3,(H2,19,21,22). The van der Waals surface area contributed by atoms with Crippen molar-refractivity contribution in [1.82, 2.24) is 15.6 Å². The normalized spacial score (nSPS) is 11.5. The van der Waals surface area contributed by atoms with Gasteiger partial charge in [-0.2, -0.15) is 0 Å². The zero-order valence-corrected chi connectivity index (χ0v) is 15.4. The summed E-state index contributed by atoms with van der Waals surface area (Å²) in [5, 5.41) is 7.70. The van der Waals surface area contributed by atoms with Crippen molar-refractivity contribution in [2.24, 2.45) is 4.99 Å². The van der Waals surface area contributed by atoms with Crippen LogP contribution in [0.3, 0.4) is 0 Å². The number of hydrogen-bond donors (Lipinski definition) is 2. The van der Waals surface area contributed by atoms with Gasteiger partial charge in [-0.3, -0.25) is 4.99 Å². The highest BCUT2D eigenvalue weighted by Crippen LogP contribution is 2.12. The molecular formula is C18H26N4OS. The van der Waals surface area contributed by atoms with Crippen LogP contribution in [-0.4, -0.2) is 24.6 Å². The molecule has 0 amide bonds. The molecule has 2 rings (SSSR count). The maximum atomic E-state index is 5.41. The van der Waals surface area contributed by atoms with Crippen LogP contribution in [0.25, 0.3) is 0 Å². The summed E-state index contributed by atoms with van der Waals surface area (Å²) in [5.41, 5.74) is 2.40. The van der Waals surface area contributed by atoms with E-state index in [1.807, 2.05) is 13.1 Å². The summed E-state index contributed by atoms with van der Waals surface area (Å²) in [6.45, 7) is 6.98. The molecule has 1 aromatic carbocycles. The number of aryl methyl sites for hydroxylation is 1. The smallest absolute Gasteiger partial charge is 0.191 e. The molecule has 1 heterocycles. The number of benzene rings is 1. The van der Waals surface area contributed by atoms with Crippen molar-refractivity contribution in [2.45, 2.75) is 40.0 Å². The van der Waals surface area contributed by atoms with Crippen molar-refractivity contribution >= 4 is 17.3 Å². The van der Waals surface area contributed by atoms with E-state index in [-0.39, 0.29) is 0 Å². The Balaban J connectivity index is 1.78. The molecule has 0 aliphatic heterocycles. The van der Waals surface area contributed by atoms with Gasteiger partial charge in [0.05, 0.1) is 13.2 Å². The van der Waals surface area contributed by atoms with Crippen LogP contribution in [0.2, 0.25) is 0 Å². The van der Waals surface area contributed by atoms with Crippen LogP contribution < -0.4 is 10.6 Å². The van der Waals surface area contributed by atoms with Gasteiger partial charge in [-0.15, -0.1) is 11.3 Å². The predicted molar refractivity (Wildman–Crippen MR) is 100 cm³/mol. The molecule has 0 aliphatic rings. The summed E-state index contributed by atoms with van der Waals surface area (Å²) < 4.78 is 5.41. The Labute approximate surface area is 148 Å². The minimum atomic E-state index is 0.668. The van der Waals surface area contributed by atoms with E-state index < -0.39 is 0 Å². The molecule has 0 unspecified atom stereocenters. The van der Waals surface area contributed by atoms with Gasteiger partial charge in [-0.25, -0.2) is 4.98 Å². The van der Waals surface area contributed by atoms with E-state index in [0.717, 1.165) is 30.5 Å². The molecule has 0 spiro atoms. The predicted octanol–water partition coefficient (Wildman–Crippen LogP) is 3.11. The van der Waals surface area contributed by atoms with Crippen molar-refractivity contribution in [3.8, 4) is 0 Å². The summed E-state index contributed by atoms with van der Waals surface area (Å²) in [7, 11) is 1.78.